The van der Waals surface area contributed by atoms with E-state index in [1.54, 1.807) is 6.07 Å². The van der Waals surface area contributed by atoms with Gasteiger partial charge in [0, 0.05) is 13.3 Å². The second-order valence-corrected chi connectivity index (χ2v) is 3.54. The number of carbonyl (C=O) groups is 2. The van der Waals surface area contributed by atoms with Crippen molar-refractivity contribution in [3.8, 4) is 0 Å². The number of fused-ring (bicyclic) bond motifs is 1. The van der Waals surface area contributed by atoms with Crippen molar-refractivity contribution >= 4 is 11.6 Å². The van der Waals surface area contributed by atoms with Crippen molar-refractivity contribution in [2.75, 3.05) is 0 Å². The Morgan fingerprint density at radius 2 is 2.14 bits per heavy atom. The van der Waals surface area contributed by atoms with Crippen LogP contribution in [-0.4, -0.2) is 16.6 Å². The lowest BCUT2D eigenvalue weighted by Crippen LogP contribution is -2.15. The van der Waals surface area contributed by atoms with Crippen molar-refractivity contribution in [2.24, 2.45) is 0 Å². The van der Waals surface area contributed by atoms with Gasteiger partial charge in [0.15, 0.2) is 11.6 Å². The van der Waals surface area contributed by atoms with Crippen molar-refractivity contribution in [3.05, 3.63) is 29.1 Å². The molecule has 0 N–H and O–H groups in total. The molecule has 0 atom stereocenters. The Balaban J connectivity index is 2.51. The lowest BCUT2D eigenvalue weighted by Gasteiger charge is -2.13. The molecule has 0 amide bonds. The van der Waals surface area contributed by atoms with Crippen LogP contribution in [0.3, 0.4) is 0 Å². The van der Waals surface area contributed by atoms with E-state index < -0.39 is 0 Å². The molecule has 0 aliphatic heterocycles. The van der Waals surface area contributed by atoms with Gasteiger partial charge in [0.05, 0.1) is 0 Å². The van der Waals surface area contributed by atoms with Gasteiger partial charge in [-0.2, -0.15) is 0 Å². The molecule has 0 fully saturated rings. The second kappa shape index (κ2) is 3.33. The van der Waals surface area contributed by atoms with Crippen LogP contribution in [0.25, 0.3) is 0 Å². The molecule has 0 radical (unpaired) electrons. The molecule has 0 bridgehead atoms. The summed E-state index contributed by atoms with van der Waals surface area (Å²) in [6.45, 7) is 1.46. The van der Waals surface area contributed by atoms with Gasteiger partial charge >= 0.3 is 0 Å². The molecule has 0 saturated carbocycles. The summed E-state index contributed by atoms with van der Waals surface area (Å²) in [5.74, 6) is -0.0273. The number of rotatable bonds is 1. The van der Waals surface area contributed by atoms with Crippen LogP contribution in [-0.2, 0) is 6.42 Å². The van der Waals surface area contributed by atoms with E-state index in [4.69, 9.17) is 0 Å². The molecule has 1 heterocycles. The topological polar surface area (TPSA) is 47.0 Å². The van der Waals surface area contributed by atoms with Crippen LogP contribution in [0.2, 0.25) is 0 Å². The summed E-state index contributed by atoms with van der Waals surface area (Å²) in [5.41, 5.74) is 1.87. The van der Waals surface area contributed by atoms with Gasteiger partial charge in [-0.15, -0.1) is 0 Å². The van der Waals surface area contributed by atoms with E-state index in [0.29, 0.717) is 17.8 Å². The predicted molar refractivity (Wildman–Crippen MR) is 51.5 cm³/mol. The van der Waals surface area contributed by atoms with Gasteiger partial charge in [0.2, 0.25) is 0 Å². The molecule has 1 aliphatic carbocycles. The first-order valence-electron chi connectivity index (χ1n) is 4.72. The van der Waals surface area contributed by atoms with E-state index in [2.05, 4.69) is 4.98 Å². The Morgan fingerprint density at radius 3 is 2.86 bits per heavy atom. The summed E-state index contributed by atoms with van der Waals surface area (Å²) in [7, 11) is 0. The van der Waals surface area contributed by atoms with Crippen molar-refractivity contribution in [1.82, 2.24) is 4.98 Å². The predicted octanol–water partition coefficient (Wildman–Crippen LogP) is 1.80. The van der Waals surface area contributed by atoms with Gasteiger partial charge in [-0.05, 0) is 24.5 Å². The maximum Gasteiger partial charge on any atom is 0.181 e. The van der Waals surface area contributed by atoms with Gasteiger partial charge in [-0.1, -0.05) is 6.07 Å². The van der Waals surface area contributed by atoms with Crippen LogP contribution in [0.4, 0.5) is 0 Å². The maximum atomic E-state index is 11.5. The van der Waals surface area contributed by atoms with Crippen molar-refractivity contribution in [2.45, 2.75) is 26.2 Å². The van der Waals surface area contributed by atoms with Crippen molar-refractivity contribution in [1.29, 1.82) is 0 Å². The highest BCUT2D eigenvalue weighted by atomic mass is 16.1. The molecule has 3 heteroatoms. The van der Waals surface area contributed by atoms with Crippen LogP contribution in [0, 0.1) is 0 Å². The van der Waals surface area contributed by atoms with E-state index in [1.807, 2.05) is 6.07 Å². The molecule has 1 aliphatic rings. The van der Waals surface area contributed by atoms with E-state index in [-0.39, 0.29) is 11.6 Å². The van der Waals surface area contributed by atoms with Gasteiger partial charge in [-0.3, -0.25) is 9.59 Å². The molecule has 1 aromatic rings. The second-order valence-electron chi connectivity index (χ2n) is 3.54. The first-order valence-corrected chi connectivity index (χ1v) is 4.72. The number of nitrogens with zero attached hydrogens (tertiary/aromatic N) is 1. The van der Waals surface area contributed by atoms with Gasteiger partial charge < -0.3 is 0 Å². The van der Waals surface area contributed by atoms with Crippen LogP contribution in [0.1, 0.15) is 46.3 Å². The fraction of sp³-hybridized carbons (Fsp3) is 0.364. The van der Waals surface area contributed by atoms with Crippen LogP contribution in [0.5, 0.6) is 0 Å². The standard InChI is InChI=1S/C11H11NO2/c1-7(13)9-6-5-8-3-2-4-10(14)11(8)12-9/h5-6H,2-4H2,1H3. The zero-order valence-electron chi connectivity index (χ0n) is 8.04. The summed E-state index contributed by atoms with van der Waals surface area (Å²) in [6.07, 6.45) is 2.35. The molecule has 14 heavy (non-hydrogen) atoms. The van der Waals surface area contributed by atoms with Crippen LogP contribution < -0.4 is 0 Å². The van der Waals surface area contributed by atoms with Gasteiger partial charge in [0.25, 0.3) is 0 Å². The molecule has 0 unspecified atom stereocenters. The molecule has 0 aromatic carbocycles. The van der Waals surface area contributed by atoms with E-state index >= 15 is 0 Å². The zero-order chi connectivity index (χ0) is 10.1. The summed E-state index contributed by atoms with van der Waals surface area (Å²) in [6, 6.07) is 3.54. The third-order valence-corrected chi connectivity index (χ3v) is 2.45. The largest absolute Gasteiger partial charge is 0.293 e. The Hall–Kier alpha value is -1.51. The summed E-state index contributed by atoms with van der Waals surface area (Å²) < 4.78 is 0. The van der Waals surface area contributed by atoms with E-state index in [9.17, 15) is 9.59 Å². The smallest absolute Gasteiger partial charge is 0.181 e. The van der Waals surface area contributed by atoms with Gasteiger partial charge in [0.1, 0.15) is 11.4 Å². The molecule has 2 rings (SSSR count). The minimum absolute atomic E-state index is 0.0642. The number of aryl methyl sites for hydroxylation is 1. The minimum atomic E-state index is -0.0915. The quantitative estimate of drug-likeness (QED) is 0.633. The molecule has 1 aromatic heterocycles. The Morgan fingerprint density at radius 1 is 1.36 bits per heavy atom. The lowest BCUT2D eigenvalue weighted by atomic mass is 9.94. The first kappa shape index (κ1) is 9.06. The molecule has 0 spiro atoms. The fourth-order valence-electron chi connectivity index (χ4n) is 1.69. The number of hydrogen-bond acceptors (Lipinski definition) is 3. The number of aromatic nitrogens is 1. The number of Topliss-reactive ketones (excluding diaryl/α,β-unsaturated/α-hetero) is 2. The SMILES string of the molecule is CC(=O)c1ccc2c(n1)C(=O)CCC2. The average molecular weight is 189 g/mol. The average Bonchev–Trinajstić information content (AvgIpc) is 2.18. The normalized spacial score (nSPS) is 15.1. The molecule has 3 nitrogen and oxygen atoms in total. The van der Waals surface area contributed by atoms with Crippen molar-refractivity contribution in [3.63, 3.8) is 0 Å². The van der Waals surface area contributed by atoms with Gasteiger partial charge in [-0.25, -0.2) is 4.98 Å². The molecular formula is C11H11NO2. The third kappa shape index (κ3) is 1.45. The highest BCUT2D eigenvalue weighted by Gasteiger charge is 2.19. The molecule has 0 saturated heterocycles. The Kier molecular flexibility index (Phi) is 2.15. The molecule has 72 valence electrons. The first-order chi connectivity index (χ1) is 6.68. The summed E-state index contributed by atoms with van der Waals surface area (Å²) in [4.78, 5) is 26.6. The Labute approximate surface area is 82.2 Å². The minimum Gasteiger partial charge on any atom is -0.293 e. The van der Waals surface area contributed by atoms with Crippen LogP contribution >= 0.6 is 0 Å². The highest BCUT2D eigenvalue weighted by molar-refractivity contribution is 5.99. The summed E-state index contributed by atoms with van der Waals surface area (Å²) in [5, 5.41) is 0. The van der Waals surface area contributed by atoms with Crippen molar-refractivity contribution < 1.29 is 9.59 Å². The van der Waals surface area contributed by atoms with E-state index in [1.165, 1.54) is 6.92 Å². The fourth-order valence-corrected chi connectivity index (χ4v) is 1.69. The number of ketones is 2. The maximum absolute atomic E-state index is 11.5. The summed E-state index contributed by atoms with van der Waals surface area (Å²) >= 11 is 0. The Bertz CT molecular complexity index is 410. The number of hydrogen-bond donors (Lipinski definition) is 0. The molecular weight excluding hydrogens is 178 g/mol. The number of carbonyl (C=O) groups excluding carboxylic acids is 2. The van der Waals surface area contributed by atoms with E-state index in [0.717, 1.165) is 18.4 Å². The third-order valence-electron chi connectivity index (χ3n) is 2.45. The number of pyridine rings is 1. The zero-order valence-corrected chi connectivity index (χ0v) is 8.04. The monoisotopic (exact) mass is 189 g/mol. The highest BCUT2D eigenvalue weighted by Crippen LogP contribution is 2.19. The van der Waals surface area contributed by atoms with Crippen LogP contribution in [0.15, 0.2) is 12.1 Å². The lowest BCUT2D eigenvalue weighted by molar-refractivity contribution is 0.0966.